The average molecular weight is 656 g/mol. The van der Waals surface area contributed by atoms with Gasteiger partial charge in [-0.15, -0.1) is 0 Å². The van der Waals surface area contributed by atoms with Gasteiger partial charge in [0.1, 0.15) is 22.8 Å². The number of benzene rings is 2. The summed E-state index contributed by atoms with van der Waals surface area (Å²) in [6.07, 6.45) is -7.75. The highest BCUT2D eigenvalue weighted by Crippen LogP contribution is 2.52. The largest absolute Gasteiger partial charge is 0.507 e. The van der Waals surface area contributed by atoms with Crippen LogP contribution in [0.4, 0.5) is 4.39 Å². The van der Waals surface area contributed by atoms with Crippen molar-refractivity contribution < 1.29 is 53.4 Å². The number of methoxy groups -OCH3 is 1. The molecule has 2 aliphatic carbocycles. The minimum Gasteiger partial charge on any atom is -0.507 e. The van der Waals surface area contributed by atoms with Crippen molar-refractivity contribution in [2.24, 2.45) is 0 Å². The average Bonchev–Trinajstić information content (AvgIpc) is 2.90. The number of hydrogen-bond acceptors (Lipinski definition) is 10. The summed E-state index contributed by atoms with van der Waals surface area (Å²) in [5.41, 5.74) is -3.58. The van der Waals surface area contributed by atoms with Crippen LogP contribution in [0.5, 0.6) is 17.2 Å². The number of phenolic OH excluding ortho intramolecular Hbond substituents is 2. The number of alkyl halides is 2. The van der Waals surface area contributed by atoms with Crippen LogP contribution in [-0.2, 0) is 20.7 Å². The Labute approximate surface area is 235 Å². The molecule has 0 bridgehead atoms. The van der Waals surface area contributed by atoms with E-state index in [1.807, 2.05) is 0 Å². The van der Waals surface area contributed by atoms with E-state index >= 15 is 4.39 Å². The number of carbonyl (C=O) groups excluding carboxylic acids is 3. The van der Waals surface area contributed by atoms with E-state index in [1.54, 1.807) is 22.6 Å². The molecule has 7 atom stereocenters. The molecular weight excluding hydrogens is 630 g/mol. The second-order valence-corrected chi connectivity index (χ2v) is 11.5. The van der Waals surface area contributed by atoms with E-state index < -0.39 is 93.1 Å². The monoisotopic (exact) mass is 656 g/mol. The lowest BCUT2D eigenvalue weighted by molar-refractivity contribution is -0.264. The third kappa shape index (κ3) is 4.15. The Morgan fingerprint density at radius 3 is 2.46 bits per heavy atom. The molecule has 1 aliphatic heterocycles. The van der Waals surface area contributed by atoms with Gasteiger partial charge in [-0.2, -0.15) is 0 Å². The highest BCUT2D eigenvalue weighted by atomic mass is 127. The minimum atomic E-state index is -2.10. The van der Waals surface area contributed by atoms with E-state index in [0.29, 0.717) is 0 Å². The van der Waals surface area contributed by atoms with E-state index in [2.05, 4.69) is 0 Å². The number of hydrogen-bond donors (Lipinski definition) is 4. The van der Waals surface area contributed by atoms with Gasteiger partial charge in [0.2, 0.25) is 5.78 Å². The molecule has 5 rings (SSSR count). The first kappa shape index (κ1) is 27.9. The lowest BCUT2D eigenvalue weighted by atomic mass is 9.72. The van der Waals surface area contributed by atoms with Gasteiger partial charge in [-0.3, -0.25) is 14.4 Å². The molecule has 208 valence electrons. The third-order valence-electron chi connectivity index (χ3n) is 7.75. The first-order valence-corrected chi connectivity index (χ1v) is 13.4. The number of aliphatic hydroxyl groups excluding tert-OH is 1. The van der Waals surface area contributed by atoms with Crippen LogP contribution in [0.15, 0.2) is 18.2 Å². The zero-order valence-electron chi connectivity index (χ0n) is 21.1. The highest BCUT2D eigenvalue weighted by molar-refractivity contribution is 14.1. The van der Waals surface area contributed by atoms with Gasteiger partial charge in [-0.05, 0) is 19.9 Å². The molecule has 0 amide bonds. The van der Waals surface area contributed by atoms with Crippen LogP contribution in [0.1, 0.15) is 69.3 Å². The van der Waals surface area contributed by atoms with Crippen LogP contribution in [0, 0.1) is 0 Å². The number of aromatic hydroxyl groups is 2. The number of Topliss-reactive ketones (excluding diaryl/α,β-unsaturated/α-hetero) is 1. The lowest BCUT2D eigenvalue weighted by Gasteiger charge is -2.43. The van der Waals surface area contributed by atoms with E-state index in [9.17, 15) is 34.8 Å². The molecule has 2 aromatic rings. The summed E-state index contributed by atoms with van der Waals surface area (Å²) in [7, 11) is 1.31. The van der Waals surface area contributed by atoms with E-state index in [4.69, 9.17) is 14.2 Å². The van der Waals surface area contributed by atoms with E-state index in [0.717, 1.165) is 6.92 Å². The lowest BCUT2D eigenvalue weighted by Crippen LogP contribution is -2.54. The van der Waals surface area contributed by atoms with Crippen LogP contribution < -0.4 is 4.74 Å². The molecule has 3 aliphatic rings. The van der Waals surface area contributed by atoms with Crippen LogP contribution in [0.3, 0.4) is 0 Å². The normalized spacial score (nSPS) is 31.8. The Morgan fingerprint density at radius 1 is 1.15 bits per heavy atom. The zero-order valence-corrected chi connectivity index (χ0v) is 23.3. The number of aliphatic hydroxyl groups is 2. The Hall–Kier alpha value is -2.65. The van der Waals surface area contributed by atoms with Gasteiger partial charge >= 0.3 is 0 Å². The Kier molecular flexibility index (Phi) is 6.99. The SMILES string of the molecule is COc1cccc2c1C(=O)c1c(O)c3c(c(O)c1C2=O)C[C@@](O)(C(C)=O)C[C@@H]3O[C@@H]1O[C@@H](C)[C@@H](O)[C@@H](I)[C@H]1F. The Balaban J connectivity index is 1.70. The van der Waals surface area contributed by atoms with Crippen molar-refractivity contribution in [2.75, 3.05) is 7.11 Å². The van der Waals surface area contributed by atoms with Crippen molar-refractivity contribution in [3.63, 3.8) is 0 Å². The fourth-order valence-electron chi connectivity index (χ4n) is 5.54. The Bertz CT molecular complexity index is 1410. The first-order valence-electron chi connectivity index (χ1n) is 12.2. The number of ketones is 3. The molecule has 0 saturated carbocycles. The first-order chi connectivity index (χ1) is 18.3. The van der Waals surface area contributed by atoms with Gasteiger partial charge in [0.15, 0.2) is 24.0 Å². The summed E-state index contributed by atoms with van der Waals surface area (Å²) in [5, 5.41) is 44.2. The summed E-state index contributed by atoms with van der Waals surface area (Å²) < 4.78 is 30.9. The van der Waals surface area contributed by atoms with Gasteiger partial charge in [0.05, 0.1) is 46.0 Å². The number of phenols is 2. The quantitative estimate of drug-likeness (QED) is 0.187. The molecule has 4 N–H and O–H groups in total. The Morgan fingerprint density at radius 2 is 1.82 bits per heavy atom. The summed E-state index contributed by atoms with van der Waals surface area (Å²) in [4.78, 5) is 39.6. The van der Waals surface area contributed by atoms with Gasteiger partial charge in [0, 0.05) is 29.5 Å². The van der Waals surface area contributed by atoms with Crippen molar-refractivity contribution in [3.05, 3.63) is 51.6 Å². The molecule has 0 unspecified atom stereocenters. The number of ether oxygens (including phenoxy) is 3. The molecule has 2 aromatic carbocycles. The smallest absolute Gasteiger partial charge is 0.202 e. The summed E-state index contributed by atoms with van der Waals surface area (Å²) in [6, 6.07) is 4.35. The van der Waals surface area contributed by atoms with Crippen molar-refractivity contribution in [2.45, 2.75) is 67.0 Å². The molecule has 0 spiro atoms. The second kappa shape index (κ2) is 9.77. The van der Waals surface area contributed by atoms with Gasteiger partial charge < -0.3 is 34.6 Å². The minimum absolute atomic E-state index is 0.0524. The van der Waals surface area contributed by atoms with E-state index in [1.165, 1.54) is 32.2 Å². The van der Waals surface area contributed by atoms with Crippen LogP contribution >= 0.6 is 22.6 Å². The summed E-state index contributed by atoms with van der Waals surface area (Å²) in [6.45, 7) is 2.65. The molecule has 12 heteroatoms. The molecule has 10 nitrogen and oxygen atoms in total. The number of carbonyl (C=O) groups is 3. The molecule has 0 radical (unpaired) electrons. The van der Waals surface area contributed by atoms with Crippen LogP contribution in [0.25, 0.3) is 0 Å². The molecule has 1 fully saturated rings. The number of fused-ring (bicyclic) bond motifs is 3. The van der Waals surface area contributed by atoms with Crippen molar-refractivity contribution in [3.8, 4) is 17.2 Å². The summed E-state index contributed by atoms with van der Waals surface area (Å²) in [5.74, 6) is -3.56. The van der Waals surface area contributed by atoms with Crippen molar-refractivity contribution >= 4 is 39.9 Å². The molecular formula is C27H26FIO10. The fourth-order valence-corrected chi connectivity index (χ4v) is 6.46. The highest BCUT2D eigenvalue weighted by Gasteiger charge is 2.51. The fraction of sp³-hybridized carbons (Fsp3) is 0.444. The maximum Gasteiger partial charge on any atom is 0.202 e. The van der Waals surface area contributed by atoms with Crippen LogP contribution in [0.2, 0.25) is 0 Å². The molecule has 1 saturated heterocycles. The molecule has 0 aromatic heterocycles. The van der Waals surface area contributed by atoms with Crippen LogP contribution in [-0.4, -0.2) is 79.1 Å². The maximum atomic E-state index is 15.2. The predicted molar refractivity (Wildman–Crippen MR) is 140 cm³/mol. The molecule has 1 heterocycles. The number of halogens is 2. The van der Waals surface area contributed by atoms with Gasteiger partial charge in [0.25, 0.3) is 0 Å². The topological polar surface area (TPSA) is 160 Å². The van der Waals surface area contributed by atoms with Gasteiger partial charge in [-0.1, -0.05) is 34.7 Å². The number of rotatable bonds is 4. The third-order valence-corrected chi connectivity index (χ3v) is 9.17. The van der Waals surface area contributed by atoms with E-state index in [-0.39, 0.29) is 28.0 Å². The standard InChI is InChI=1S/C27H26FIO10/c1-9-21(31)20(29)19(28)26(38-9)39-14-8-27(36,10(2)30)7-12-16(14)25(35)18-17(23(12)33)22(32)11-5-4-6-13(37-3)15(11)24(18)34/h4-6,9,14,19-21,26,31,33,35-36H,7-8H2,1-3H3/t9-,14-,19+,20-,21+,26-,27-/m0/s1. The van der Waals surface area contributed by atoms with Crippen molar-refractivity contribution in [1.29, 1.82) is 0 Å². The predicted octanol–water partition coefficient (Wildman–Crippen LogP) is 2.45. The zero-order chi connectivity index (χ0) is 28.5. The van der Waals surface area contributed by atoms with Crippen molar-refractivity contribution in [1.82, 2.24) is 0 Å². The maximum absolute atomic E-state index is 15.2. The van der Waals surface area contributed by atoms with Gasteiger partial charge in [-0.25, -0.2) is 4.39 Å². The molecule has 39 heavy (non-hydrogen) atoms. The summed E-state index contributed by atoms with van der Waals surface area (Å²) >= 11 is 1.73. The second-order valence-electron chi connectivity index (χ2n) is 10.1.